The van der Waals surface area contributed by atoms with Gasteiger partial charge in [0.25, 0.3) is 5.91 Å². The Hall–Kier alpha value is -3.35. The summed E-state index contributed by atoms with van der Waals surface area (Å²) in [6, 6.07) is 19.9. The Bertz CT molecular complexity index is 1080. The largest absolute Gasteiger partial charge is 0.481 e. The summed E-state index contributed by atoms with van der Waals surface area (Å²) in [7, 11) is 0. The summed E-state index contributed by atoms with van der Waals surface area (Å²) in [5.41, 5.74) is 3.48. The molecule has 3 rings (SSSR count). The van der Waals surface area contributed by atoms with Gasteiger partial charge in [0.05, 0.1) is 11.8 Å². The second-order valence-corrected chi connectivity index (χ2v) is 7.29. The highest BCUT2D eigenvalue weighted by molar-refractivity contribution is 6.31. The third-order valence-electron chi connectivity index (χ3n) is 4.04. The van der Waals surface area contributed by atoms with Crippen molar-refractivity contribution in [2.24, 2.45) is 5.10 Å². The fourth-order valence-electron chi connectivity index (χ4n) is 2.44. The van der Waals surface area contributed by atoms with Gasteiger partial charge in [-0.3, -0.25) is 4.79 Å². The quantitative estimate of drug-likeness (QED) is 0.231. The minimum atomic E-state index is -0.744. The number of amides is 1. The molecule has 0 aliphatic carbocycles. The van der Waals surface area contributed by atoms with Crippen molar-refractivity contribution in [3.63, 3.8) is 0 Å². The Balaban J connectivity index is 1.50. The normalized spacial score (nSPS) is 11.7. The highest BCUT2D eigenvalue weighted by Gasteiger charge is 2.14. The van der Waals surface area contributed by atoms with Gasteiger partial charge in [0.15, 0.2) is 6.10 Å². The van der Waals surface area contributed by atoms with Crippen LogP contribution in [0.3, 0.4) is 0 Å². The first-order valence-corrected chi connectivity index (χ1v) is 9.99. The zero-order valence-electron chi connectivity index (χ0n) is 16.4. The maximum atomic E-state index is 12.1. The molecule has 0 bridgehead atoms. The molecular formula is C23H18Cl2N2O4. The van der Waals surface area contributed by atoms with E-state index in [4.69, 9.17) is 32.7 Å². The molecule has 3 aromatic carbocycles. The molecule has 0 heterocycles. The summed E-state index contributed by atoms with van der Waals surface area (Å²) in [6.45, 7) is 1.61. The van der Waals surface area contributed by atoms with Crippen molar-refractivity contribution >= 4 is 41.3 Å². The number of nitrogens with one attached hydrogen (secondary N) is 1. The van der Waals surface area contributed by atoms with Crippen LogP contribution in [0.25, 0.3) is 0 Å². The first-order chi connectivity index (χ1) is 14.9. The van der Waals surface area contributed by atoms with Gasteiger partial charge in [-0.15, -0.1) is 0 Å². The molecule has 1 unspecified atom stereocenters. The van der Waals surface area contributed by atoms with Crippen molar-refractivity contribution in [3.05, 3.63) is 94.0 Å². The zero-order valence-corrected chi connectivity index (χ0v) is 17.9. The molecule has 31 heavy (non-hydrogen) atoms. The first-order valence-electron chi connectivity index (χ1n) is 9.23. The molecule has 0 aliphatic rings. The number of esters is 1. The van der Waals surface area contributed by atoms with Crippen LogP contribution in [0.4, 0.5) is 0 Å². The number of hydrogen-bond donors (Lipinski definition) is 1. The van der Waals surface area contributed by atoms with Gasteiger partial charge in [0.2, 0.25) is 0 Å². The van der Waals surface area contributed by atoms with Gasteiger partial charge in [-0.25, -0.2) is 10.2 Å². The van der Waals surface area contributed by atoms with Crippen LogP contribution in [0.15, 0.2) is 77.9 Å². The molecule has 0 fully saturated rings. The number of hydrazone groups is 1. The van der Waals surface area contributed by atoms with Crippen molar-refractivity contribution < 1.29 is 19.1 Å². The lowest BCUT2D eigenvalue weighted by molar-refractivity contribution is -0.127. The molecule has 3 aromatic rings. The van der Waals surface area contributed by atoms with Gasteiger partial charge >= 0.3 is 5.97 Å². The maximum Gasteiger partial charge on any atom is 0.343 e. The van der Waals surface area contributed by atoms with E-state index in [9.17, 15) is 9.59 Å². The van der Waals surface area contributed by atoms with Crippen LogP contribution in [0.1, 0.15) is 22.8 Å². The summed E-state index contributed by atoms with van der Waals surface area (Å²) < 4.78 is 10.8. The molecule has 0 saturated heterocycles. The van der Waals surface area contributed by atoms with Crippen LogP contribution in [0.5, 0.6) is 11.5 Å². The molecule has 1 amide bonds. The van der Waals surface area contributed by atoms with Crippen molar-refractivity contribution in [1.29, 1.82) is 0 Å². The number of hydrogen-bond acceptors (Lipinski definition) is 5. The Labute approximate surface area is 189 Å². The van der Waals surface area contributed by atoms with E-state index < -0.39 is 18.0 Å². The summed E-state index contributed by atoms with van der Waals surface area (Å²) in [5.74, 6) is -0.0146. The van der Waals surface area contributed by atoms with Crippen LogP contribution in [0.2, 0.25) is 10.0 Å². The van der Waals surface area contributed by atoms with Gasteiger partial charge in [-0.1, -0.05) is 29.3 Å². The molecule has 0 aromatic heterocycles. The van der Waals surface area contributed by atoms with Gasteiger partial charge < -0.3 is 9.47 Å². The minimum Gasteiger partial charge on any atom is -0.481 e. The third kappa shape index (κ3) is 6.84. The number of carbonyl (C=O) groups is 2. The Kier molecular flexibility index (Phi) is 7.65. The standard InChI is InChI=1S/C23H18Cl2N2O4/c1-15(30-20-11-7-18(24)8-12-20)22(28)27-26-14-16-5-9-21(10-6-16)31-23(29)17-3-2-4-19(25)13-17/h2-15H,1H3,(H,27,28)/b26-14+. The zero-order chi connectivity index (χ0) is 22.2. The predicted octanol–water partition coefficient (Wildman–Crippen LogP) is 5.13. The second kappa shape index (κ2) is 10.6. The molecule has 1 atom stereocenters. The Morgan fingerprint density at radius 1 is 0.935 bits per heavy atom. The molecule has 1 N–H and O–H groups in total. The fraction of sp³-hybridized carbons (Fsp3) is 0.0870. The smallest absolute Gasteiger partial charge is 0.343 e. The lowest BCUT2D eigenvalue weighted by Crippen LogP contribution is -2.33. The van der Waals surface area contributed by atoms with Gasteiger partial charge in [-0.05, 0) is 79.2 Å². The Morgan fingerprint density at radius 3 is 2.29 bits per heavy atom. The average molecular weight is 457 g/mol. The SMILES string of the molecule is CC(Oc1ccc(Cl)cc1)C(=O)N/N=C/c1ccc(OC(=O)c2cccc(Cl)c2)cc1. The summed E-state index contributed by atoms with van der Waals surface area (Å²) in [4.78, 5) is 24.2. The number of nitrogens with zero attached hydrogens (tertiary/aromatic N) is 1. The predicted molar refractivity (Wildman–Crippen MR) is 120 cm³/mol. The van der Waals surface area contributed by atoms with E-state index >= 15 is 0 Å². The highest BCUT2D eigenvalue weighted by atomic mass is 35.5. The third-order valence-corrected chi connectivity index (χ3v) is 4.52. The Morgan fingerprint density at radius 2 is 1.61 bits per heavy atom. The summed E-state index contributed by atoms with van der Waals surface area (Å²) in [5, 5.41) is 4.96. The fourth-order valence-corrected chi connectivity index (χ4v) is 2.75. The number of ether oxygens (including phenoxy) is 2. The van der Waals surface area contributed by atoms with E-state index in [1.807, 2.05) is 0 Å². The van der Waals surface area contributed by atoms with Crippen LogP contribution < -0.4 is 14.9 Å². The van der Waals surface area contributed by atoms with Crippen LogP contribution in [0, 0.1) is 0 Å². The molecule has 6 nitrogen and oxygen atoms in total. The van der Waals surface area contributed by atoms with Crippen LogP contribution >= 0.6 is 23.2 Å². The van der Waals surface area contributed by atoms with Crippen molar-refractivity contribution in [3.8, 4) is 11.5 Å². The minimum absolute atomic E-state index is 0.357. The molecule has 0 radical (unpaired) electrons. The van der Waals surface area contributed by atoms with E-state index in [0.29, 0.717) is 32.7 Å². The number of halogens is 2. The van der Waals surface area contributed by atoms with Crippen molar-refractivity contribution in [1.82, 2.24) is 5.43 Å². The molecule has 158 valence electrons. The van der Waals surface area contributed by atoms with Crippen LogP contribution in [-0.4, -0.2) is 24.2 Å². The molecule has 0 spiro atoms. The van der Waals surface area contributed by atoms with Gasteiger partial charge in [-0.2, -0.15) is 5.10 Å². The van der Waals surface area contributed by atoms with Gasteiger partial charge in [0.1, 0.15) is 11.5 Å². The van der Waals surface area contributed by atoms with Crippen molar-refractivity contribution in [2.75, 3.05) is 0 Å². The average Bonchev–Trinajstić information content (AvgIpc) is 2.76. The van der Waals surface area contributed by atoms with E-state index in [2.05, 4.69) is 10.5 Å². The first kappa shape index (κ1) is 22.3. The van der Waals surface area contributed by atoms with E-state index in [-0.39, 0.29) is 0 Å². The maximum absolute atomic E-state index is 12.1. The van der Waals surface area contributed by atoms with E-state index in [0.717, 1.165) is 0 Å². The lowest BCUT2D eigenvalue weighted by Gasteiger charge is -2.12. The summed E-state index contributed by atoms with van der Waals surface area (Å²) in [6.07, 6.45) is 0.724. The number of benzene rings is 3. The highest BCUT2D eigenvalue weighted by Crippen LogP contribution is 2.17. The lowest BCUT2D eigenvalue weighted by atomic mass is 10.2. The summed E-state index contributed by atoms with van der Waals surface area (Å²) >= 11 is 11.7. The molecular weight excluding hydrogens is 439 g/mol. The molecule has 0 saturated carbocycles. The second-order valence-electron chi connectivity index (χ2n) is 6.42. The van der Waals surface area contributed by atoms with Gasteiger partial charge in [0, 0.05) is 10.0 Å². The molecule has 0 aliphatic heterocycles. The van der Waals surface area contributed by atoms with Crippen molar-refractivity contribution in [2.45, 2.75) is 13.0 Å². The molecule has 8 heteroatoms. The number of carbonyl (C=O) groups excluding carboxylic acids is 2. The van der Waals surface area contributed by atoms with Crippen LogP contribution in [-0.2, 0) is 4.79 Å². The monoisotopic (exact) mass is 456 g/mol. The topological polar surface area (TPSA) is 77.0 Å². The number of rotatable bonds is 7. The van der Waals surface area contributed by atoms with E-state index in [1.165, 1.54) is 12.3 Å². The van der Waals surface area contributed by atoms with E-state index in [1.54, 1.807) is 73.7 Å².